The number of aromatic nitrogens is 2. The second-order valence-electron chi connectivity index (χ2n) is 3.24. The molecule has 2 rings (SSSR count). The molecule has 18 heavy (non-hydrogen) atoms. The summed E-state index contributed by atoms with van der Waals surface area (Å²) in [6.45, 7) is 0. The molecular formula is C11H5F3N4. The third-order valence-electron chi connectivity index (χ3n) is 2.05. The normalized spacial score (nSPS) is 9.89. The molecule has 0 unspecified atom stereocenters. The van der Waals surface area contributed by atoms with Crippen molar-refractivity contribution in [2.45, 2.75) is 0 Å². The number of hydrogen-bond acceptors (Lipinski definition) is 4. The first-order valence-electron chi connectivity index (χ1n) is 4.74. The Labute approximate surface area is 99.7 Å². The van der Waals surface area contributed by atoms with Crippen LogP contribution in [0.1, 0.15) is 5.69 Å². The molecule has 0 saturated carbocycles. The van der Waals surface area contributed by atoms with Crippen molar-refractivity contribution in [3.63, 3.8) is 0 Å². The molecule has 4 nitrogen and oxygen atoms in total. The van der Waals surface area contributed by atoms with E-state index in [1.165, 1.54) is 12.4 Å². The third kappa shape index (κ3) is 2.22. The van der Waals surface area contributed by atoms with Gasteiger partial charge in [0.25, 0.3) is 0 Å². The summed E-state index contributed by atoms with van der Waals surface area (Å²) in [5.41, 5.74) is -0.564. The van der Waals surface area contributed by atoms with E-state index in [1.54, 1.807) is 6.07 Å². The van der Waals surface area contributed by atoms with E-state index < -0.39 is 23.1 Å². The molecule has 0 fully saturated rings. The first-order chi connectivity index (χ1) is 8.61. The molecular weight excluding hydrogens is 245 g/mol. The highest BCUT2D eigenvalue weighted by atomic mass is 19.2. The molecule has 0 saturated heterocycles. The van der Waals surface area contributed by atoms with Crippen LogP contribution in [0.3, 0.4) is 0 Å². The molecule has 0 spiro atoms. The van der Waals surface area contributed by atoms with Crippen molar-refractivity contribution in [2.75, 3.05) is 5.32 Å². The fourth-order valence-corrected chi connectivity index (χ4v) is 1.29. The Kier molecular flexibility index (Phi) is 3.10. The predicted octanol–water partition coefficient (Wildman–Crippen LogP) is 2.51. The van der Waals surface area contributed by atoms with Gasteiger partial charge >= 0.3 is 0 Å². The van der Waals surface area contributed by atoms with Crippen LogP contribution >= 0.6 is 0 Å². The van der Waals surface area contributed by atoms with Crippen LogP contribution < -0.4 is 5.32 Å². The van der Waals surface area contributed by atoms with Crippen LogP contribution in [0.25, 0.3) is 0 Å². The van der Waals surface area contributed by atoms with Crippen molar-refractivity contribution >= 4 is 11.5 Å². The van der Waals surface area contributed by atoms with Crippen LogP contribution in [-0.4, -0.2) is 9.97 Å². The van der Waals surface area contributed by atoms with E-state index in [0.717, 1.165) is 6.07 Å². The Morgan fingerprint density at radius 3 is 2.56 bits per heavy atom. The van der Waals surface area contributed by atoms with Crippen molar-refractivity contribution < 1.29 is 13.2 Å². The van der Waals surface area contributed by atoms with Crippen molar-refractivity contribution in [2.24, 2.45) is 0 Å². The van der Waals surface area contributed by atoms with Gasteiger partial charge in [-0.15, -0.1) is 0 Å². The summed E-state index contributed by atoms with van der Waals surface area (Å²) >= 11 is 0. The highest BCUT2D eigenvalue weighted by molar-refractivity contribution is 5.61. The van der Waals surface area contributed by atoms with E-state index >= 15 is 0 Å². The Morgan fingerprint density at radius 2 is 1.83 bits per heavy atom. The standard InChI is InChI=1S/C11H5F3N4/c12-6-3-7(13)10(14)8(4-6)18-11-9(5-15)16-1-2-17-11/h1-4H,(H,17,18). The van der Waals surface area contributed by atoms with Crippen LogP contribution in [0.5, 0.6) is 0 Å². The van der Waals surface area contributed by atoms with Gasteiger partial charge in [0.05, 0.1) is 5.69 Å². The lowest BCUT2D eigenvalue weighted by molar-refractivity contribution is 0.498. The number of benzene rings is 1. The summed E-state index contributed by atoms with van der Waals surface area (Å²) in [6, 6.07) is 2.90. The van der Waals surface area contributed by atoms with E-state index in [1.807, 2.05) is 0 Å². The Bertz CT molecular complexity index is 637. The average Bonchev–Trinajstić information content (AvgIpc) is 2.36. The summed E-state index contributed by atoms with van der Waals surface area (Å²) in [7, 11) is 0. The van der Waals surface area contributed by atoms with Crippen LogP contribution in [0.15, 0.2) is 24.5 Å². The molecule has 1 aromatic carbocycles. The number of hydrogen-bond donors (Lipinski definition) is 1. The number of nitrogens with zero attached hydrogens (tertiary/aromatic N) is 3. The lowest BCUT2D eigenvalue weighted by Gasteiger charge is -2.07. The molecule has 2 aromatic rings. The second-order valence-corrected chi connectivity index (χ2v) is 3.24. The van der Waals surface area contributed by atoms with Crippen molar-refractivity contribution in [3.8, 4) is 6.07 Å². The summed E-state index contributed by atoms with van der Waals surface area (Å²) in [5.74, 6) is -3.62. The molecule has 1 aromatic heterocycles. The van der Waals surface area contributed by atoms with Crippen molar-refractivity contribution in [1.82, 2.24) is 9.97 Å². The maximum absolute atomic E-state index is 13.4. The molecule has 0 aliphatic heterocycles. The molecule has 0 amide bonds. The van der Waals surface area contributed by atoms with Gasteiger partial charge in [0.15, 0.2) is 23.1 Å². The van der Waals surface area contributed by atoms with Crippen molar-refractivity contribution in [3.05, 3.63) is 47.7 Å². The maximum Gasteiger partial charge on any atom is 0.183 e. The molecule has 1 heterocycles. The summed E-state index contributed by atoms with van der Waals surface area (Å²) in [6.07, 6.45) is 2.53. The molecule has 0 bridgehead atoms. The first kappa shape index (κ1) is 11.9. The van der Waals surface area contributed by atoms with Gasteiger partial charge in [-0.25, -0.2) is 23.1 Å². The van der Waals surface area contributed by atoms with Gasteiger partial charge in [-0.3, -0.25) is 0 Å². The van der Waals surface area contributed by atoms with Crippen LogP contribution in [-0.2, 0) is 0 Å². The van der Waals surface area contributed by atoms with Gasteiger partial charge < -0.3 is 5.32 Å². The second kappa shape index (κ2) is 4.71. The minimum absolute atomic E-state index is 0.0797. The van der Waals surface area contributed by atoms with E-state index in [9.17, 15) is 13.2 Å². The fourth-order valence-electron chi connectivity index (χ4n) is 1.29. The van der Waals surface area contributed by atoms with Gasteiger partial charge in [-0.05, 0) is 0 Å². The number of rotatable bonds is 2. The number of nitriles is 1. The lowest BCUT2D eigenvalue weighted by Crippen LogP contribution is -2.02. The monoisotopic (exact) mass is 250 g/mol. The smallest absolute Gasteiger partial charge is 0.183 e. The first-order valence-corrected chi connectivity index (χ1v) is 4.74. The fraction of sp³-hybridized carbons (Fsp3) is 0. The number of nitrogens with one attached hydrogen (secondary N) is 1. The molecule has 0 aliphatic rings. The summed E-state index contributed by atoms with van der Waals surface area (Å²) < 4.78 is 39.3. The molecule has 1 N–H and O–H groups in total. The van der Waals surface area contributed by atoms with Gasteiger partial charge in [0.1, 0.15) is 11.9 Å². The quantitative estimate of drug-likeness (QED) is 0.832. The van der Waals surface area contributed by atoms with Crippen LogP contribution in [0.4, 0.5) is 24.7 Å². The number of halogens is 3. The zero-order chi connectivity index (χ0) is 13.1. The summed E-state index contributed by atoms with van der Waals surface area (Å²) in [4.78, 5) is 7.41. The van der Waals surface area contributed by atoms with E-state index in [-0.39, 0.29) is 11.5 Å². The van der Waals surface area contributed by atoms with Crippen LogP contribution in [0.2, 0.25) is 0 Å². The topological polar surface area (TPSA) is 61.6 Å². The third-order valence-corrected chi connectivity index (χ3v) is 2.05. The minimum Gasteiger partial charge on any atom is -0.335 e. The minimum atomic E-state index is -1.33. The Hall–Kier alpha value is -2.62. The van der Waals surface area contributed by atoms with Gasteiger partial charge in [-0.1, -0.05) is 0 Å². The molecule has 0 aliphatic carbocycles. The van der Waals surface area contributed by atoms with Gasteiger partial charge in [-0.2, -0.15) is 5.26 Å². The molecule has 7 heteroatoms. The Balaban J connectivity index is 2.44. The lowest BCUT2D eigenvalue weighted by atomic mass is 10.2. The van der Waals surface area contributed by atoms with E-state index in [2.05, 4.69) is 15.3 Å². The number of anilines is 2. The highest BCUT2D eigenvalue weighted by Gasteiger charge is 2.13. The van der Waals surface area contributed by atoms with Gasteiger partial charge in [0, 0.05) is 24.5 Å². The summed E-state index contributed by atoms with van der Waals surface area (Å²) in [5, 5.41) is 11.1. The zero-order valence-corrected chi connectivity index (χ0v) is 8.78. The van der Waals surface area contributed by atoms with E-state index in [0.29, 0.717) is 6.07 Å². The average molecular weight is 250 g/mol. The SMILES string of the molecule is N#Cc1nccnc1Nc1cc(F)cc(F)c1F. The van der Waals surface area contributed by atoms with Crippen LogP contribution in [0, 0.1) is 28.8 Å². The van der Waals surface area contributed by atoms with Crippen molar-refractivity contribution in [1.29, 1.82) is 5.26 Å². The predicted molar refractivity (Wildman–Crippen MR) is 56.3 cm³/mol. The maximum atomic E-state index is 13.4. The van der Waals surface area contributed by atoms with E-state index in [4.69, 9.17) is 5.26 Å². The Morgan fingerprint density at radius 1 is 1.11 bits per heavy atom. The largest absolute Gasteiger partial charge is 0.335 e. The highest BCUT2D eigenvalue weighted by Crippen LogP contribution is 2.23. The van der Waals surface area contributed by atoms with Gasteiger partial charge in [0.2, 0.25) is 0 Å². The molecule has 0 radical (unpaired) electrons. The molecule has 90 valence electrons. The zero-order valence-electron chi connectivity index (χ0n) is 8.78. The molecule has 0 atom stereocenters.